The molecule has 6 rings (SSSR count). The molecule has 2 heterocycles. The predicted octanol–water partition coefficient (Wildman–Crippen LogP) is 9.02. The number of hydrogen-bond donors (Lipinski definition) is 2. The van der Waals surface area contributed by atoms with E-state index in [2.05, 4.69) is 87.8 Å². The maximum atomic E-state index is 9.52. The topological polar surface area (TPSA) is 83.6 Å². The van der Waals surface area contributed by atoms with E-state index >= 15 is 0 Å². The zero-order chi connectivity index (χ0) is 29.1. The first kappa shape index (κ1) is 28.5. The number of rotatable bonds is 4. The molecule has 2 atom stereocenters. The first-order valence-corrected chi connectivity index (χ1v) is 20.6. The van der Waals surface area contributed by atoms with Gasteiger partial charge in [0.1, 0.15) is 16.1 Å². The van der Waals surface area contributed by atoms with E-state index < -0.39 is 27.3 Å². The Balaban J connectivity index is 0.000000161. The molecule has 0 fully saturated rings. The molecule has 0 aliphatic carbocycles. The molecule has 2 aliphatic rings. The van der Waals surface area contributed by atoms with Crippen LogP contribution < -0.4 is 0 Å². The van der Waals surface area contributed by atoms with Crippen LogP contribution in [0, 0.1) is 0 Å². The molecule has 0 radical (unpaired) electrons. The number of hydrogen-bond acceptors (Lipinski definition) is 6. The van der Waals surface area contributed by atoms with Crippen molar-refractivity contribution in [3.8, 4) is 0 Å². The van der Waals surface area contributed by atoms with Crippen molar-refractivity contribution in [1.29, 1.82) is 0 Å². The van der Waals surface area contributed by atoms with Crippen LogP contribution >= 0.6 is 0 Å². The van der Waals surface area contributed by atoms with Crippen LogP contribution in [-0.2, 0) is 21.0 Å². The molecule has 4 aromatic rings. The predicted molar refractivity (Wildman–Crippen MR) is 171 cm³/mol. The number of benzene rings is 4. The zero-order valence-corrected chi connectivity index (χ0v) is 26.5. The van der Waals surface area contributed by atoms with Crippen molar-refractivity contribution in [2.75, 3.05) is 0 Å². The van der Waals surface area contributed by atoms with E-state index in [0.29, 0.717) is 0 Å². The molecular formula is C32H38N2O4Si2. The van der Waals surface area contributed by atoms with Crippen molar-refractivity contribution in [3.05, 3.63) is 83.9 Å². The standard InChI is InChI=1S/2C16H19NO2Si/c2*1-16(19-18)13-9-11-7-5-6-8-12(11)10-14(13)17-15(16)20(2,3)4/h2*5-10,18H,1-4H3/t2*16-/m10/s1. The maximum Gasteiger partial charge on any atom is 0.161 e. The van der Waals surface area contributed by atoms with Gasteiger partial charge in [-0.05, 0) is 59.7 Å². The van der Waals surface area contributed by atoms with Crippen LogP contribution in [0.5, 0.6) is 0 Å². The van der Waals surface area contributed by atoms with E-state index in [1.54, 1.807) is 0 Å². The van der Waals surface area contributed by atoms with Gasteiger partial charge in [0.2, 0.25) is 0 Å². The quantitative estimate of drug-likeness (QED) is 0.146. The van der Waals surface area contributed by atoms with Crippen LogP contribution in [0.2, 0.25) is 39.3 Å². The molecule has 2 aliphatic heterocycles. The fraction of sp³-hybridized carbons (Fsp3) is 0.312. The van der Waals surface area contributed by atoms with Crippen molar-refractivity contribution in [3.63, 3.8) is 0 Å². The molecular weight excluding hydrogens is 533 g/mol. The molecule has 0 bridgehead atoms. The second-order valence-electron chi connectivity index (χ2n) is 13.1. The van der Waals surface area contributed by atoms with E-state index in [0.717, 1.165) is 54.7 Å². The summed E-state index contributed by atoms with van der Waals surface area (Å²) in [6, 6.07) is 24.7. The first-order valence-electron chi connectivity index (χ1n) is 13.6. The lowest BCUT2D eigenvalue weighted by molar-refractivity contribution is -0.298. The van der Waals surface area contributed by atoms with Crippen molar-refractivity contribution in [1.82, 2.24) is 0 Å². The van der Waals surface area contributed by atoms with Crippen LogP contribution in [-0.4, -0.2) is 37.3 Å². The Hall–Kier alpha value is -2.99. The summed E-state index contributed by atoms with van der Waals surface area (Å²) in [6.45, 7) is 17.1. The second kappa shape index (κ2) is 9.83. The van der Waals surface area contributed by atoms with Crippen molar-refractivity contribution in [2.24, 2.45) is 9.98 Å². The van der Waals surface area contributed by atoms with E-state index in [1.807, 2.05) is 38.1 Å². The van der Waals surface area contributed by atoms with E-state index in [1.165, 1.54) is 0 Å². The minimum absolute atomic E-state index is 0.816. The Morgan fingerprint density at radius 3 is 1.12 bits per heavy atom. The van der Waals surface area contributed by atoms with Gasteiger partial charge >= 0.3 is 0 Å². The molecule has 0 saturated carbocycles. The highest BCUT2D eigenvalue weighted by Gasteiger charge is 2.48. The van der Waals surface area contributed by atoms with E-state index in [4.69, 9.17) is 19.8 Å². The zero-order valence-electron chi connectivity index (χ0n) is 24.5. The Bertz CT molecular complexity index is 1560. The molecule has 40 heavy (non-hydrogen) atoms. The third kappa shape index (κ3) is 4.68. The van der Waals surface area contributed by atoms with E-state index in [-0.39, 0.29) is 0 Å². The summed E-state index contributed by atoms with van der Waals surface area (Å²) in [5.74, 6) is 0. The summed E-state index contributed by atoms with van der Waals surface area (Å²) in [4.78, 5) is 19.4. The van der Waals surface area contributed by atoms with Crippen LogP contribution in [0.15, 0.2) is 82.8 Å². The van der Waals surface area contributed by atoms with Gasteiger partial charge in [-0.15, -0.1) is 0 Å². The molecule has 0 saturated heterocycles. The van der Waals surface area contributed by atoms with Crippen LogP contribution in [0.4, 0.5) is 11.4 Å². The summed E-state index contributed by atoms with van der Waals surface area (Å²) in [7, 11) is -3.38. The van der Waals surface area contributed by atoms with Crippen molar-refractivity contribution < 1.29 is 20.3 Å². The Kier molecular flexibility index (Phi) is 7.01. The van der Waals surface area contributed by atoms with Crippen molar-refractivity contribution >= 4 is 59.7 Å². The molecule has 0 unspecified atom stereocenters. The summed E-state index contributed by atoms with van der Waals surface area (Å²) < 4.78 is 0. The molecule has 0 spiro atoms. The van der Waals surface area contributed by atoms with E-state index in [9.17, 15) is 10.5 Å². The average Bonchev–Trinajstić information content (AvgIpc) is 3.38. The molecule has 0 amide bonds. The SMILES string of the molecule is C[C@@]1(OO)C([Si](C)(C)C)=Nc2cc3ccccc3cc21.C[C@]1(OO)C([Si](C)(C)C)=Nc2cc3ccccc3cc21. The molecule has 4 aromatic carbocycles. The number of fused-ring (bicyclic) bond motifs is 4. The monoisotopic (exact) mass is 570 g/mol. The lowest BCUT2D eigenvalue weighted by Gasteiger charge is -2.30. The smallest absolute Gasteiger partial charge is 0.161 e. The van der Waals surface area contributed by atoms with Gasteiger partial charge in [-0.3, -0.25) is 20.5 Å². The minimum Gasteiger partial charge on any atom is -0.259 e. The van der Waals surface area contributed by atoms with Crippen LogP contribution in [0.25, 0.3) is 21.5 Å². The fourth-order valence-corrected chi connectivity index (χ4v) is 10.2. The summed E-state index contributed by atoms with van der Waals surface area (Å²) in [6.07, 6.45) is 0. The van der Waals surface area contributed by atoms with Gasteiger partial charge in [0.05, 0.1) is 11.4 Å². The summed E-state index contributed by atoms with van der Waals surface area (Å²) in [5, 5.41) is 25.6. The van der Waals surface area contributed by atoms with Crippen LogP contribution in [0.1, 0.15) is 25.0 Å². The van der Waals surface area contributed by atoms with Gasteiger partial charge in [0.25, 0.3) is 0 Å². The third-order valence-electron chi connectivity index (χ3n) is 7.91. The van der Waals surface area contributed by atoms with Gasteiger partial charge in [0.15, 0.2) is 11.2 Å². The van der Waals surface area contributed by atoms with Gasteiger partial charge in [-0.1, -0.05) is 87.8 Å². The summed E-state index contributed by atoms with van der Waals surface area (Å²) in [5.41, 5.74) is 2.11. The third-order valence-corrected chi connectivity index (χ3v) is 11.9. The first-order chi connectivity index (χ1) is 18.7. The Morgan fingerprint density at radius 1 is 0.550 bits per heavy atom. The molecule has 8 heteroatoms. The Morgan fingerprint density at radius 2 is 0.850 bits per heavy atom. The number of nitrogens with zero attached hydrogens (tertiary/aromatic N) is 2. The normalized spacial score (nSPS) is 21.9. The molecule has 2 N–H and O–H groups in total. The highest BCUT2D eigenvalue weighted by atomic mass is 28.3. The highest BCUT2D eigenvalue weighted by molar-refractivity contribution is 7.06. The summed E-state index contributed by atoms with van der Waals surface area (Å²) >= 11 is 0. The van der Waals surface area contributed by atoms with Crippen LogP contribution in [0.3, 0.4) is 0 Å². The highest BCUT2D eigenvalue weighted by Crippen LogP contribution is 2.46. The molecule has 208 valence electrons. The van der Waals surface area contributed by atoms with Gasteiger partial charge < -0.3 is 0 Å². The van der Waals surface area contributed by atoms with Crippen molar-refractivity contribution in [2.45, 2.75) is 64.3 Å². The number of aliphatic imine (C=N–C) groups is 2. The lowest BCUT2D eigenvalue weighted by Crippen LogP contribution is -2.47. The van der Waals surface area contributed by atoms with Gasteiger partial charge in [-0.25, -0.2) is 9.78 Å². The lowest BCUT2D eigenvalue weighted by atomic mass is 9.95. The maximum absolute atomic E-state index is 9.52. The largest absolute Gasteiger partial charge is 0.259 e. The molecule has 6 nitrogen and oxygen atoms in total. The second-order valence-corrected chi connectivity index (χ2v) is 23.1. The molecule has 0 aromatic heterocycles. The van der Waals surface area contributed by atoms with Gasteiger partial charge in [0, 0.05) is 21.8 Å². The Labute approximate surface area is 237 Å². The fourth-order valence-electron chi connectivity index (χ4n) is 6.07. The minimum atomic E-state index is -1.69. The average molecular weight is 571 g/mol. The van der Waals surface area contributed by atoms with Gasteiger partial charge in [-0.2, -0.15) is 0 Å².